The fourth-order valence-electron chi connectivity index (χ4n) is 3.25. The van der Waals surface area contributed by atoms with Gasteiger partial charge in [-0.25, -0.2) is 0 Å². The number of methoxy groups -OCH3 is 3. The Bertz CT molecular complexity index is 1490. The zero-order valence-corrected chi connectivity index (χ0v) is 33.9. The predicted octanol–water partition coefficient (Wildman–Crippen LogP) is 8.25. The largest absolute Gasteiger partial charge is 0.388 e. The Labute approximate surface area is 326 Å². The summed E-state index contributed by atoms with van der Waals surface area (Å²) in [6.45, 7) is 4.69. The summed E-state index contributed by atoms with van der Waals surface area (Å²) in [6, 6.07) is 38.7. The monoisotopic (exact) mass is 765 g/mol. The number of carbonyl (C=O) groups excluding carboxylic acids is 2. The summed E-state index contributed by atoms with van der Waals surface area (Å²) in [6.07, 6.45) is 2.26. The summed E-state index contributed by atoms with van der Waals surface area (Å²) in [5.74, 6) is 0.109. The number of aliphatic imine (C=N–C) groups is 1. The first-order valence-corrected chi connectivity index (χ1v) is 16.8. The maximum Gasteiger partial charge on any atom is 0.194 e. The number of ketones is 2. The lowest BCUT2D eigenvalue weighted by Crippen LogP contribution is -2.05. The number of nitrogens with zero attached hydrogens (tertiary/aromatic N) is 5. The Balaban J connectivity index is -0.000000326. The van der Waals surface area contributed by atoms with Crippen LogP contribution in [0.1, 0.15) is 30.5 Å². The predicted molar refractivity (Wildman–Crippen MR) is 221 cm³/mol. The number of ether oxygens (including phenoxy) is 3. The third kappa shape index (κ3) is 48.2. The highest BCUT2D eigenvalue weighted by Gasteiger charge is 2.02. The van der Waals surface area contributed by atoms with Gasteiger partial charge in [0.15, 0.2) is 25.7 Å². The Morgan fingerprint density at radius 3 is 1.25 bits per heavy atom. The van der Waals surface area contributed by atoms with Gasteiger partial charge in [0.2, 0.25) is 0 Å². The van der Waals surface area contributed by atoms with Crippen molar-refractivity contribution in [2.24, 2.45) is 15.2 Å². The summed E-state index contributed by atoms with van der Waals surface area (Å²) < 4.78 is 12.8. The second-order valence-electron chi connectivity index (χ2n) is 10.1. The van der Waals surface area contributed by atoms with Gasteiger partial charge in [0.05, 0.1) is 18.4 Å². The van der Waals surface area contributed by atoms with Crippen LogP contribution in [0.3, 0.4) is 0 Å². The Hall–Kier alpha value is -5.83. The molecule has 0 amide bonds. The van der Waals surface area contributed by atoms with Crippen LogP contribution in [0.2, 0.25) is 0 Å². The van der Waals surface area contributed by atoms with E-state index in [0.29, 0.717) is 19.4 Å². The van der Waals surface area contributed by atoms with Gasteiger partial charge in [-0.15, -0.1) is 0 Å². The zero-order valence-electron chi connectivity index (χ0n) is 33.9. The van der Waals surface area contributed by atoms with Crippen molar-refractivity contribution in [1.29, 1.82) is 0 Å². The standard InChI is InChI=1S/C16H15NO.C15H14N2O.3C2H6O.C2H6.2CH3NO2/c18-16(11-14-7-3-1-4-8-14)13-17-12-15-9-5-2-6-10-15;18-15(11-13-7-3-1-4-8-13)12-16-17-14-9-5-2-6-10-14;3*1-3-2;1-2;2*1-2(3)4/h1-10,13H,11-12H2;1-10H,11-12H2;3*1-2H3;1-2H3;2*1H3. The number of benzene rings is 4. The molecule has 0 bridgehead atoms. The van der Waals surface area contributed by atoms with Gasteiger partial charge in [0, 0.05) is 65.3 Å². The highest BCUT2D eigenvalue weighted by atomic mass is 16.6. The molecule has 0 saturated heterocycles. The smallest absolute Gasteiger partial charge is 0.194 e. The SMILES string of the molecule is CC.COC.COC.COC.C[N+](=O)[O-].C[N+](=O)[O-].O=C(C=NCc1ccccc1)Cc1ccccc1.O=C(CN=Nc1ccccc1)Cc1ccccc1. The quantitative estimate of drug-likeness (QED) is 0.0663. The average Bonchev–Trinajstić information content (AvgIpc) is 3.15. The number of hydrogen-bond acceptors (Lipinski definition) is 12. The number of rotatable bonds is 10. The maximum absolute atomic E-state index is 11.7. The summed E-state index contributed by atoms with van der Waals surface area (Å²) in [4.78, 5) is 44.1. The molecule has 0 saturated carbocycles. The van der Waals surface area contributed by atoms with Crippen molar-refractivity contribution in [3.8, 4) is 0 Å². The average molecular weight is 766 g/mol. The van der Waals surface area contributed by atoms with Gasteiger partial charge in [-0.1, -0.05) is 123 Å². The number of azo groups is 1. The topological polar surface area (TPSA) is 185 Å². The van der Waals surface area contributed by atoms with Crippen LogP contribution >= 0.6 is 0 Å². The molecule has 0 radical (unpaired) electrons. The molecule has 0 N–H and O–H groups in total. The van der Waals surface area contributed by atoms with Crippen LogP contribution in [0, 0.1) is 20.2 Å². The molecule has 0 atom stereocenters. The first kappa shape index (κ1) is 55.9. The molecule has 0 heterocycles. The van der Waals surface area contributed by atoms with Crippen LogP contribution in [0.25, 0.3) is 0 Å². The van der Waals surface area contributed by atoms with E-state index in [-0.39, 0.29) is 18.1 Å². The number of carbonyl (C=O) groups is 2. The third-order valence-electron chi connectivity index (χ3n) is 5.01. The minimum absolute atomic E-state index is 0.0390. The van der Waals surface area contributed by atoms with Crippen molar-refractivity contribution >= 4 is 23.5 Å². The van der Waals surface area contributed by atoms with Gasteiger partial charge in [0.1, 0.15) is 6.54 Å². The fraction of sp³-hybridized carbons (Fsp3) is 0.341. The van der Waals surface area contributed by atoms with Crippen molar-refractivity contribution in [3.05, 3.63) is 158 Å². The van der Waals surface area contributed by atoms with Gasteiger partial charge in [-0.05, 0) is 28.8 Å². The summed E-state index contributed by atoms with van der Waals surface area (Å²) in [5.41, 5.74) is 3.91. The zero-order chi connectivity index (χ0) is 42.5. The van der Waals surface area contributed by atoms with E-state index in [9.17, 15) is 9.59 Å². The minimum atomic E-state index is -0.500. The highest BCUT2D eigenvalue weighted by molar-refractivity contribution is 6.28. The first-order valence-electron chi connectivity index (χ1n) is 16.8. The van der Waals surface area contributed by atoms with Gasteiger partial charge in [-0.2, -0.15) is 10.2 Å². The van der Waals surface area contributed by atoms with E-state index in [1.54, 1.807) is 42.7 Å². The van der Waals surface area contributed by atoms with Gasteiger partial charge in [-0.3, -0.25) is 34.8 Å². The number of Topliss-reactive ketones (excluding diaryl/α,β-unsaturated/α-hetero) is 2. The maximum atomic E-state index is 11.7. The Morgan fingerprint density at radius 2 is 0.891 bits per heavy atom. The molecule has 0 aliphatic heterocycles. The van der Waals surface area contributed by atoms with E-state index in [1.165, 1.54) is 6.21 Å². The van der Waals surface area contributed by atoms with E-state index in [1.807, 2.05) is 135 Å². The van der Waals surface area contributed by atoms with Crippen LogP contribution < -0.4 is 0 Å². The molecule has 4 aromatic carbocycles. The molecule has 14 nitrogen and oxygen atoms in total. The van der Waals surface area contributed by atoms with Crippen LogP contribution in [-0.2, 0) is 43.2 Å². The molecule has 0 aliphatic carbocycles. The van der Waals surface area contributed by atoms with Crippen molar-refractivity contribution in [2.75, 3.05) is 63.3 Å². The normalized spacial score (nSPS) is 8.98. The molecule has 0 spiro atoms. The van der Waals surface area contributed by atoms with E-state index in [4.69, 9.17) is 20.2 Å². The van der Waals surface area contributed by atoms with Crippen LogP contribution in [0.4, 0.5) is 5.69 Å². The molecule has 55 heavy (non-hydrogen) atoms. The number of hydrogen-bond donors (Lipinski definition) is 0. The Kier molecular flexibility index (Phi) is 45.1. The Morgan fingerprint density at radius 1 is 0.582 bits per heavy atom. The molecule has 0 fully saturated rings. The summed E-state index contributed by atoms with van der Waals surface area (Å²) in [5, 5.41) is 25.5. The lowest BCUT2D eigenvalue weighted by Gasteiger charge is -1.97. The van der Waals surface area contributed by atoms with Crippen molar-refractivity contribution in [3.63, 3.8) is 0 Å². The van der Waals surface area contributed by atoms with Crippen molar-refractivity contribution in [1.82, 2.24) is 0 Å². The van der Waals surface area contributed by atoms with Crippen LogP contribution in [-0.4, -0.2) is 90.9 Å². The molecule has 4 rings (SSSR count). The van der Waals surface area contributed by atoms with E-state index in [0.717, 1.165) is 36.5 Å². The van der Waals surface area contributed by atoms with E-state index < -0.39 is 9.85 Å². The van der Waals surface area contributed by atoms with E-state index >= 15 is 0 Å². The molecular formula is C41H59N5O9. The number of nitro groups is 2. The first-order chi connectivity index (χ1) is 26.4. The molecule has 0 aromatic heterocycles. The van der Waals surface area contributed by atoms with E-state index in [2.05, 4.69) is 29.4 Å². The lowest BCUT2D eigenvalue weighted by molar-refractivity contribution is -0.445. The van der Waals surface area contributed by atoms with Crippen LogP contribution in [0.5, 0.6) is 0 Å². The van der Waals surface area contributed by atoms with Gasteiger partial charge < -0.3 is 14.2 Å². The fourth-order valence-corrected chi connectivity index (χ4v) is 3.25. The molecule has 0 aliphatic rings. The third-order valence-corrected chi connectivity index (χ3v) is 5.01. The van der Waals surface area contributed by atoms with Crippen molar-refractivity contribution < 1.29 is 33.6 Å². The second kappa shape index (κ2) is 44.3. The summed E-state index contributed by atoms with van der Waals surface area (Å²) in [7, 11) is 11.5. The molecule has 14 heteroatoms. The van der Waals surface area contributed by atoms with Crippen molar-refractivity contribution in [2.45, 2.75) is 33.2 Å². The molecule has 4 aromatic rings. The molecule has 302 valence electrons. The minimum Gasteiger partial charge on any atom is -0.388 e. The lowest BCUT2D eigenvalue weighted by atomic mass is 10.1. The van der Waals surface area contributed by atoms with Crippen LogP contribution in [0.15, 0.2) is 137 Å². The summed E-state index contributed by atoms with van der Waals surface area (Å²) >= 11 is 0. The second-order valence-corrected chi connectivity index (χ2v) is 10.1. The van der Waals surface area contributed by atoms with Gasteiger partial charge >= 0.3 is 0 Å². The molecular weight excluding hydrogens is 706 g/mol. The highest BCUT2D eigenvalue weighted by Crippen LogP contribution is 2.10. The van der Waals surface area contributed by atoms with Gasteiger partial charge in [0.25, 0.3) is 0 Å². The molecule has 0 unspecified atom stereocenters.